The molecule has 1 aliphatic carbocycles. The monoisotopic (exact) mass is 312 g/mol. The van der Waals surface area contributed by atoms with E-state index in [9.17, 15) is 9.18 Å². The molecule has 0 aliphatic heterocycles. The molecule has 1 aliphatic rings. The van der Waals surface area contributed by atoms with Crippen LogP contribution in [0.2, 0.25) is 0 Å². The molecule has 1 nitrogen and oxygen atoms in total. The maximum atomic E-state index is 13.8. The van der Waals surface area contributed by atoms with Crippen LogP contribution in [-0.2, 0) is 0 Å². The molecule has 2 rings (SSSR count). The van der Waals surface area contributed by atoms with Crippen molar-refractivity contribution >= 4 is 21.7 Å². The van der Waals surface area contributed by atoms with E-state index in [2.05, 4.69) is 29.8 Å². The van der Waals surface area contributed by atoms with Crippen LogP contribution in [0.25, 0.3) is 0 Å². The molecule has 0 radical (unpaired) electrons. The lowest BCUT2D eigenvalue weighted by molar-refractivity contribution is 0.0831. The number of halogens is 2. The summed E-state index contributed by atoms with van der Waals surface area (Å²) < 4.78 is 14.4. The Morgan fingerprint density at radius 3 is 2.39 bits per heavy atom. The Kier molecular flexibility index (Phi) is 4.21. The Balaban J connectivity index is 2.26. The topological polar surface area (TPSA) is 17.1 Å². The number of ketones is 1. The molecule has 1 aromatic rings. The zero-order chi connectivity index (χ0) is 13.3. The lowest BCUT2D eigenvalue weighted by Gasteiger charge is -2.30. The summed E-state index contributed by atoms with van der Waals surface area (Å²) >= 11 is 3.28. The molecule has 1 aromatic carbocycles. The number of benzene rings is 1. The molecule has 0 heterocycles. The van der Waals surface area contributed by atoms with Crippen LogP contribution in [0.4, 0.5) is 4.39 Å². The minimum Gasteiger partial charge on any atom is -0.294 e. The molecule has 2 unspecified atom stereocenters. The van der Waals surface area contributed by atoms with Crippen LogP contribution in [0.3, 0.4) is 0 Å². The van der Waals surface area contributed by atoms with E-state index < -0.39 is 5.82 Å². The van der Waals surface area contributed by atoms with Crippen molar-refractivity contribution in [3.8, 4) is 0 Å². The van der Waals surface area contributed by atoms with Crippen LogP contribution in [0, 0.1) is 23.6 Å². The van der Waals surface area contributed by atoms with Gasteiger partial charge in [0.15, 0.2) is 5.78 Å². The number of carbonyl (C=O) groups excluding carboxylic acids is 1. The summed E-state index contributed by atoms with van der Waals surface area (Å²) in [6, 6.07) is 4.70. The van der Waals surface area contributed by atoms with Crippen LogP contribution in [0.15, 0.2) is 22.7 Å². The summed E-state index contributed by atoms with van der Waals surface area (Å²) in [6.07, 6.45) is 2.93. The zero-order valence-corrected chi connectivity index (χ0v) is 12.3. The van der Waals surface area contributed by atoms with Crippen LogP contribution >= 0.6 is 15.9 Å². The van der Waals surface area contributed by atoms with E-state index in [0.717, 1.165) is 12.8 Å². The third kappa shape index (κ3) is 2.82. The van der Waals surface area contributed by atoms with Gasteiger partial charge < -0.3 is 0 Å². The molecule has 2 atom stereocenters. The van der Waals surface area contributed by atoms with Gasteiger partial charge in [-0.1, -0.05) is 19.9 Å². The van der Waals surface area contributed by atoms with E-state index in [1.165, 1.54) is 12.5 Å². The number of rotatable bonds is 2. The van der Waals surface area contributed by atoms with Crippen molar-refractivity contribution in [2.24, 2.45) is 17.8 Å². The fourth-order valence-electron chi connectivity index (χ4n) is 3.10. The van der Waals surface area contributed by atoms with Crippen molar-refractivity contribution < 1.29 is 9.18 Å². The second-order valence-corrected chi connectivity index (χ2v) is 6.43. The average molecular weight is 313 g/mol. The molecular formula is C15H18BrFO. The number of Topliss-reactive ketones (excluding diaryl/α,β-unsaturated/α-hetero) is 1. The Morgan fingerprint density at radius 2 is 1.83 bits per heavy atom. The van der Waals surface area contributed by atoms with Gasteiger partial charge in [-0.25, -0.2) is 4.39 Å². The third-order valence-electron chi connectivity index (χ3n) is 3.76. The normalized spacial score (nSPS) is 28.1. The number of hydrogen-bond acceptors (Lipinski definition) is 1. The molecule has 0 saturated heterocycles. The largest absolute Gasteiger partial charge is 0.294 e. The fraction of sp³-hybridized carbons (Fsp3) is 0.533. The smallest absolute Gasteiger partial charge is 0.170 e. The summed E-state index contributed by atoms with van der Waals surface area (Å²) in [5.41, 5.74) is 0.226. The maximum absolute atomic E-state index is 13.8. The highest BCUT2D eigenvalue weighted by Crippen LogP contribution is 2.36. The van der Waals surface area contributed by atoms with Crippen molar-refractivity contribution in [2.45, 2.75) is 33.1 Å². The third-order valence-corrected chi connectivity index (χ3v) is 4.42. The van der Waals surface area contributed by atoms with Crippen LogP contribution in [0.5, 0.6) is 0 Å². The highest BCUT2D eigenvalue weighted by molar-refractivity contribution is 9.10. The summed E-state index contributed by atoms with van der Waals surface area (Å²) in [5.74, 6) is 0.608. The zero-order valence-electron chi connectivity index (χ0n) is 10.7. The van der Waals surface area contributed by atoms with Gasteiger partial charge in [0, 0.05) is 10.4 Å². The van der Waals surface area contributed by atoms with Gasteiger partial charge in [-0.3, -0.25) is 4.79 Å². The first-order chi connectivity index (χ1) is 8.49. The first-order valence-corrected chi connectivity index (χ1v) is 7.26. The average Bonchev–Trinajstić information content (AvgIpc) is 2.27. The fourth-order valence-corrected chi connectivity index (χ4v) is 3.64. The second kappa shape index (κ2) is 5.52. The first-order valence-electron chi connectivity index (χ1n) is 6.47. The van der Waals surface area contributed by atoms with Crippen molar-refractivity contribution in [2.75, 3.05) is 0 Å². The Hall–Kier alpha value is -0.700. The van der Waals surface area contributed by atoms with Crippen molar-refractivity contribution in [1.29, 1.82) is 0 Å². The summed E-state index contributed by atoms with van der Waals surface area (Å²) in [7, 11) is 0. The molecule has 0 bridgehead atoms. The predicted octanol–water partition coefficient (Wildman–Crippen LogP) is 4.84. The molecular weight excluding hydrogens is 295 g/mol. The van der Waals surface area contributed by atoms with E-state index in [-0.39, 0.29) is 17.3 Å². The van der Waals surface area contributed by atoms with E-state index in [1.54, 1.807) is 12.1 Å². The minimum atomic E-state index is -0.416. The van der Waals surface area contributed by atoms with Crippen LogP contribution in [-0.4, -0.2) is 5.78 Å². The highest BCUT2D eigenvalue weighted by atomic mass is 79.9. The first kappa shape index (κ1) is 13.7. The van der Waals surface area contributed by atoms with E-state index in [0.29, 0.717) is 16.3 Å². The SMILES string of the molecule is CC1CC(C)CC(C(=O)c2c(F)cccc2Br)C1. The van der Waals surface area contributed by atoms with Gasteiger partial charge in [0.25, 0.3) is 0 Å². The summed E-state index contributed by atoms with van der Waals surface area (Å²) in [4.78, 5) is 12.5. The van der Waals surface area contributed by atoms with Crippen molar-refractivity contribution in [1.82, 2.24) is 0 Å². The Morgan fingerprint density at radius 1 is 1.22 bits per heavy atom. The lowest BCUT2D eigenvalue weighted by Crippen LogP contribution is -2.26. The molecule has 18 heavy (non-hydrogen) atoms. The van der Waals surface area contributed by atoms with Gasteiger partial charge in [-0.15, -0.1) is 0 Å². The molecule has 0 aromatic heterocycles. The number of carbonyl (C=O) groups is 1. The van der Waals surface area contributed by atoms with Crippen LogP contribution < -0.4 is 0 Å². The molecule has 98 valence electrons. The van der Waals surface area contributed by atoms with Crippen LogP contribution in [0.1, 0.15) is 43.5 Å². The second-order valence-electron chi connectivity index (χ2n) is 5.58. The van der Waals surface area contributed by atoms with Gasteiger partial charge in [0.2, 0.25) is 0 Å². The maximum Gasteiger partial charge on any atom is 0.170 e. The highest BCUT2D eigenvalue weighted by Gasteiger charge is 2.31. The number of hydrogen-bond donors (Lipinski definition) is 0. The minimum absolute atomic E-state index is 0.0306. The van der Waals surface area contributed by atoms with Gasteiger partial charge in [0.05, 0.1) is 5.56 Å². The molecule has 0 amide bonds. The molecule has 0 spiro atoms. The lowest BCUT2D eigenvalue weighted by atomic mass is 9.74. The molecule has 0 N–H and O–H groups in total. The Labute approximate surface area is 116 Å². The molecule has 1 saturated carbocycles. The summed E-state index contributed by atoms with van der Waals surface area (Å²) in [5, 5.41) is 0. The standard InChI is InChI=1S/C15H18BrFO/c1-9-6-10(2)8-11(7-9)15(18)14-12(16)4-3-5-13(14)17/h3-5,9-11H,6-8H2,1-2H3. The van der Waals surface area contributed by atoms with E-state index >= 15 is 0 Å². The molecule has 1 fully saturated rings. The quantitative estimate of drug-likeness (QED) is 0.714. The van der Waals surface area contributed by atoms with Crippen molar-refractivity contribution in [3.05, 3.63) is 34.1 Å². The van der Waals surface area contributed by atoms with Gasteiger partial charge in [0.1, 0.15) is 5.82 Å². The molecule has 3 heteroatoms. The van der Waals surface area contributed by atoms with Gasteiger partial charge >= 0.3 is 0 Å². The summed E-state index contributed by atoms with van der Waals surface area (Å²) in [6.45, 7) is 4.35. The van der Waals surface area contributed by atoms with Gasteiger partial charge in [-0.05, 0) is 59.2 Å². The Bertz CT molecular complexity index is 428. The van der Waals surface area contributed by atoms with Gasteiger partial charge in [-0.2, -0.15) is 0 Å². The predicted molar refractivity (Wildman–Crippen MR) is 74.1 cm³/mol. The van der Waals surface area contributed by atoms with E-state index in [4.69, 9.17) is 0 Å². The van der Waals surface area contributed by atoms with Crippen molar-refractivity contribution in [3.63, 3.8) is 0 Å². The van der Waals surface area contributed by atoms with E-state index in [1.807, 2.05) is 0 Å².